The number of hydrogen-bond acceptors (Lipinski definition) is 2. The molecule has 1 nitrogen and oxygen atoms in total. The van der Waals surface area contributed by atoms with E-state index >= 15 is 0 Å². The average Bonchev–Trinajstić information content (AvgIpc) is 3.03. The number of nitrogens with one attached hydrogen (secondary N) is 1. The van der Waals surface area contributed by atoms with Gasteiger partial charge in [-0.3, -0.25) is 0 Å². The summed E-state index contributed by atoms with van der Waals surface area (Å²) in [5.74, 6) is 0. The van der Waals surface area contributed by atoms with Gasteiger partial charge in [0.05, 0.1) is 0 Å². The van der Waals surface area contributed by atoms with E-state index in [1.54, 1.807) is 11.3 Å². The predicted molar refractivity (Wildman–Crippen MR) is 96.0 cm³/mol. The third-order valence-electron chi connectivity index (χ3n) is 3.43. The maximum atomic E-state index is 3.59. The monoisotopic (exact) mass is 357 g/mol. The lowest BCUT2D eigenvalue weighted by Crippen LogP contribution is -2.00. The normalized spacial score (nSPS) is 10.6. The lowest BCUT2D eigenvalue weighted by Gasteiger charge is -2.12. The average molecular weight is 358 g/mol. The molecule has 0 saturated heterocycles. The first-order valence-electron chi connectivity index (χ1n) is 6.86. The van der Waals surface area contributed by atoms with E-state index < -0.39 is 0 Å². The SMILES string of the molecule is Cc1ccc(CNc2ccccc2-c2cccs2)cc1Br. The van der Waals surface area contributed by atoms with Crippen LogP contribution in [0.3, 0.4) is 0 Å². The molecule has 3 aromatic rings. The van der Waals surface area contributed by atoms with E-state index in [1.165, 1.54) is 27.3 Å². The molecule has 21 heavy (non-hydrogen) atoms. The zero-order chi connectivity index (χ0) is 14.7. The highest BCUT2D eigenvalue weighted by Gasteiger charge is 2.05. The Balaban J connectivity index is 1.81. The van der Waals surface area contributed by atoms with Gasteiger partial charge in [0.1, 0.15) is 0 Å². The van der Waals surface area contributed by atoms with E-state index in [2.05, 4.69) is 88.1 Å². The van der Waals surface area contributed by atoms with Crippen molar-refractivity contribution >= 4 is 33.0 Å². The van der Waals surface area contributed by atoms with Crippen LogP contribution < -0.4 is 5.32 Å². The van der Waals surface area contributed by atoms with Crippen molar-refractivity contribution < 1.29 is 0 Å². The van der Waals surface area contributed by atoms with E-state index in [4.69, 9.17) is 0 Å². The van der Waals surface area contributed by atoms with Crippen molar-refractivity contribution in [1.82, 2.24) is 0 Å². The van der Waals surface area contributed by atoms with Gasteiger partial charge >= 0.3 is 0 Å². The molecule has 0 atom stereocenters. The summed E-state index contributed by atoms with van der Waals surface area (Å²) in [6.07, 6.45) is 0. The number of thiophene rings is 1. The molecule has 0 amide bonds. The molecule has 0 radical (unpaired) electrons. The van der Waals surface area contributed by atoms with E-state index in [0.29, 0.717) is 0 Å². The Hall–Kier alpha value is -1.58. The van der Waals surface area contributed by atoms with Crippen LogP contribution in [0.2, 0.25) is 0 Å². The van der Waals surface area contributed by atoms with Crippen LogP contribution >= 0.6 is 27.3 Å². The van der Waals surface area contributed by atoms with Crippen LogP contribution in [0.25, 0.3) is 10.4 Å². The van der Waals surface area contributed by atoms with Gasteiger partial charge in [0, 0.05) is 27.1 Å². The number of halogens is 1. The van der Waals surface area contributed by atoms with Crippen LogP contribution in [0, 0.1) is 6.92 Å². The highest BCUT2D eigenvalue weighted by Crippen LogP contribution is 2.31. The highest BCUT2D eigenvalue weighted by atomic mass is 79.9. The summed E-state index contributed by atoms with van der Waals surface area (Å²) in [6, 6.07) is 19.2. The highest BCUT2D eigenvalue weighted by molar-refractivity contribution is 9.10. The molecule has 3 heteroatoms. The largest absolute Gasteiger partial charge is 0.380 e. The summed E-state index contributed by atoms with van der Waals surface area (Å²) in [5, 5.41) is 5.66. The molecular weight excluding hydrogens is 342 g/mol. The van der Waals surface area contributed by atoms with Crippen molar-refractivity contribution in [2.75, 3.05) is 5.32 Å². The number of benzene rings is 2. The third kappa shape index (κ3) is 3.36. The fourth-order valence-electron chi connectivity index (χ4n) is 2.23. The van der Waals surface area contributed by atoms with Crippen molar-refractivity contribution in [2.45, 2.75) is 13.5 Å². The number of hydrogen-bond donors (Lipinski definition) is 1. The molecule has 3 rings (SSSR count). The third-order valence-corrected chi connectivity index (χ3v) is 5.19. The van der Waals surface area contributed by atoms with Gasteiger partial charge in [0.15, 0.2) is 0 Å². The lowest BCUT2D eigenvalue weighted by atomic mass is 10.1. The van der Waals surface area contributed by atoms with Crippen molar-refractivity contribution in [3.63, 3.8) is 0 Å². The van der Waals surface area contributed by atoms with Crippen LogP contribution in [0.4, 0.5) is 5.69 Å². The zero-order valence-electron chi connectivity index (χ0n) is 11.8. The summed E-state index contributed by atoms with van der Waals surface area (Å²) >= 11 is 5.36. The minimum absolute atomic E-state index is 0.821. The van der Waals surface area contributed by atoms with Gasteiger partial charge in [-0.1, -0.05) is 52.3 Å². The second kappa shape index (κ2) is 6.46. The lowest BCUT2D eigenvalue weighted by molar-refractivity contribution is 1.14. The molecule has 0 spiro atoms. The van der Waals surface area contributed by atoms with E-state index in [-0.39, 0.29) is 0 Å². The number of aryl methyl sites for hydroxylation is 1. The maximum absolute atomic E-state index is 3.59. The van der Waals surface area contributed by atoms with Crippen molar-refractivity contribution in [3.8, 4) is 10.4 Å². The summed E-state index contributed by atoms with van der Waals surface area (Å²) in [4.78, 5) is 1.29. The number of rotatable bonds is 4. The minimum Gasteiger partial charge on any atom is -0.380 e. The Labute approximate surface area is 137 Å². The van der Waals surface area contributed by atoms with Gasteiger partial charge in [0.25, 0.3) is 0 Å². The number of anilines is 1. The fourth-order valence-corrected chi connectivity index (χ4v) is 3.42. The molecule has 0 unspecified atom stereocenters. The standard InChI is InChI=1S/C18H16BrNS/c1-13-8-9-14(11-16(13)19)12-20-17-6-3-2-5-15(17)18-7-4-10-21-18/h2-11,20H,12H2,1H3. The molecule has 0 fully saturated rings. The first-order chi connectivity index (χ1) is 10.2. The molecule has 0 aliphatic carbocycles. The summed E-state index contributed by atoms with van der Waals surface area (Å²) < 4.78 is 1.16. The van der Waals surface area contributed by atoms with E-state index in [9.17, 15) is 0 Å². The van der Waals surface area contributed by atoms with Gasteiger partial charge in [-0.2, -0.15) is 0 Å². The quantitative estimate of drug-likeness (QED) is 0.594. The number of para-hydroxylation sites is 1. The van der Waals surface area contributed by atoms with Gasteiger partial charge in [0.2, 0.25) is 0 Å². The molecule has 0 aliphatic rings. The molecule has 0 bridgehead atoms. The van der Waals surface area contributed by atoms with Crippen molar-refractivity contribution in [1.29, 1.82) is 0 Å². The predicted octanol–water partition coefficient (Wildman–Crippen LogP) is 6.10. The molecule has 1 heterocycles. The summed E-state index contributed by atoms with van der Waals surface area (Å²) in [6.45, 7) is 2.93. The van der Waals surface area contributed by atoms with Crippen molar-refractivity contribution in [3.05, 3.63) is 75.6 Å². The fraction of sp³-hybridized carbons (Fsp3) is 0.111. The first-order valence-corrected chi connectivity index (χ1v) is 8.53. The summed E-state index contributed by atoms with van der Waals surface area (Å²) in [7, 11) is 0. The van der Waals surface area contributed by atoms with Crippen LogP contribution in [0.15, 0.2) is 64.5 Å². The smallest absolute Gasteiger partial charge is 0.0430 e. The van der Waals surface area contributed by atoms with Crippen molar-refractivity contribution in [2.24, 2.45) is 0 Å². The van der Waals surface area contributed by atoms with Gasteiger partial charge in [-0.15, -0.1) is 11.3 Å². The van der Waals surface area contributed by atoms with Crippen LogP contribution in [-0.4, -0.2) is 0 Å². The Bertz CT molecular complexity index is 735. The molecule has 1 N–H and O–H groups in total. The Morgan fingerprint density at radius 2 is 1.90 bits per heavy atom. The Morgan fingerprint density at radius 3 is 2.67 bits per heavy atom. The molecule has 106 valence electrons. The minimum atomic E-state index is 0.821. The van der Waals surface area contributed by atoms with Gasteiger partial charge in [-0.25, -0.2) is 0 Å². The van der Waals surface area contributed by atoms with E-state index in [1.807, 2.05) is 0 Å². The van der Waals surface area contributed by atoms with Crippen LogP contribution in [-0.2, 0) is 6.54 Å². The Morgan fingerprint density at radius 1 is 1.05 bits per heavy atom. The van der Waals surface area contributed by atoms with Gasteiger partial charge < -0.3 is 5.32 Å². The van der Waals surface area contributed by atoms with E-state index in [0.717, 1.165) is 11.0 Å². The van der Waals surface area contributed by atoms with Gasteiger partial charge in [-0.05, 0) is 41.6 Å². The maximum Gasteiger partial charge on any atom is 0.0430 e. The van der Waals surface area contributed by atoms with Crippen LogP contribution in [0.1, 0.15) is 11.1 Å². The zero-order valence-corrected chi connectivity index (χ0v) is 14.2. The molecule has 0 saturated carbocycles. The summed E-state index contributed by atoms with van der Waals surface area (Å²) in [5.41, 5.74) is 4.97. The molecule has 2 aromatic carbocycles. The van der Waals surface area contributed by atoms with Crippen LogP contribution in [0.5, 0.6) is 0 Å². The second-order valence-electron chi connectivity index (χ2n) is 4.96. The first kappa shape index (κ1) is 14.4. The Kier molecular flexibility index (Phi) is 4.42. The molecular formula is C18H16BrNS. The molecule has 1 aromatic heterocycles. The molecule has 0 aliphatic heterocycles. The topological polar surface area (TPSA) is 12.0 Å². The second-order valence-corrected chi connectivity index (χ2v) is 6.76.